The van der Waals surface area contributed by atoms with Crippen LogP contribution in [0, 0.1) is 0 Å². The topological polar surface area (TPSA) is 24.1 Å². The summed E-state index contributed by atoms with van der Waals surface area (Å²) in [4.78, 5) is 0. The Morgan fingerprint density at radius 1 is 0.429 bits per heavy atom. The van der Waals surface area contributed by atoms with E-state index in [2.05, 4.69) is 109 Å². The molecule has 4 aromatic carbocycles. The van der Waals surface area contributed by atoms with Gasteiger partial charge in [0, 0.05) is 28.7 Å². The molecule has 0 fully saturated rings. The number of nitrogens with one attached hydrogen (secondary N) is 2. The fourth-order valence-electron chi connectivity index (χ4n) is 3.28. The van der Waals surface area contributed by atoms with Crippen molar-refractivity contribution in [3.05, 3.63) is 120 Å². The van der Waals surface area contributed by atoms with Gasteiger partial charge in [-0.3, -0.25) is 0 Å². The maximum absolute atomic E-state index is 3.47. The molecular formula is C26H24N2. The van der Waals surface area contributed by atoms with Crippen molar-refractivity contribution in [2.75, 3.05) is 10.6 Å². The molecule has 0 heterocycles. The van der Waals surface area contributed by atoms with E-state index in [4.69, 9.17) is 0 Å². The van der Waals surface area contributed by atoms with E-state index in [0.717, 1.165) is 22.7 Å². The minimum atomic E-state index is 0.388. The van der Waals surface area contributed by atoms with Crippen LogP contribution in [-0.2, 0) is 0 Å². The summed E-state index contributed by atoms with van der Waals surface area (Å²) in [6, 6.07) is 37.8. The van der Waals surface area contributed by atoms with Crippen LogP contribution in [0.4, 0.5) is 22.7 Å². The van der Waals surface area contributed by atoms with Crippen molar-refractivity contribution in [1.29, 1.82) is 0 Å². The molecule has 0 spiro atoms. The van der Waals surface area contributed by atoms with Crippen LogP contribution < -0.4 is 10.6 Å². The van der Waals surface area contributed by atoms with Gasteiger partial charge in [0.05, 0.1) is 0 Å². The number of benzene rings is 4. The Morgan fingerprint density at radius 2 is 0.786 bits per heavy atom. The minimum absolute atomic E-state index is 0.388. The average Bonchev–Trinajstić information content (AvgIpc) is 2.76. The first-order valence-corrected chi connectivity index (χ1v) is 9.62. The first kappa shape index (κ1) is 17.9. The molecule has 0 radical (unpaired) electrons. The van der Waals surface area contributed by atoms with E-state index in [1.165, 1.54) is 11.1 Å². The Kier molecular flexibility index (Phi) is 5.39. The lowest BCUT2D eigenvalue weighted by Gasteiger charge is -2.14. The Morgan fingerprint density at radius 3 is 1.29 bits per heavy atom. The van der Waals surface area contributed by atoms with Crippen molar-refractivity contribution in [1.82, 2.24) is 0 Å². The molecule has 0 unspecified atom stereocenters. The molecule has 0 saturated heterocycles. The maximum atomic E-state index is 3.47. The first-order chi connectivity index (χ1) is 13.8. The van der Waals surface area contributed by atoms with Gasteiger partial charge in [0.1, 0.15) is 0 Å². The van der Waals surface area contributed by atoms with Crippen molar-refractivity contribution in [3.63, 3.8) is 0 Å². The summed E-state index contributed by atoms with van der Waals surface area (Å²) in [7, 11) is 0. The van der Waals surface area contributed by atoms with Gasteiger partial charge in [-0.25, -0.2) is 0 Å². The molecule has 1 atom stereocenters. The van der Waals surface area contributed by atoms with E-state index in [1.807, 2.05) is 18.2 Å². The summed E-state index contributed by atoms with van der Waals surface area (Å²) in [5.74, 6) is 0.388. The predicted molar refractivity (Wildman–Crippen MR) is 120 cm³/mol. The van der Waals surface area contributed by atoms with Crippen LogP contribution in [0.3, 0.4) is 0 Å². The summed E-state index contributed by atoms with van der Waals surface area (Å²) >= 11 is 0. The molecule has 138 valence electrons. The first-order valence-electron chi connectivity index (χ1n) is 9.62. The average molecular weight is 364 g/mol. The molecule has 0 aliphatic rings. The van der Waals surface area contributed by atoms with Crippen molar-refractivity contribution in [2.45, 2.75) is 12.8 Å². The van der Waals surface area contributed by atoms with E-state index >= 15 is 0 Å². The van der Waals surface area contributed by atoms with Gasteiger partial charge in [0.15, 0.2) is 0 Å². The van der Waals surface area contributed by atoms with Gasteiger partial charge in [-0.05, 0) is 59.7 Å². The van der Waals surface area contributed by atoms with Gasteiger partial charge in [0.25, 0.3) is 0 Å². The van der Waals surface area contributed by atoms with Crippen LogP contribution in [0.15, 0.2) is 109 Å². The third-order valence-corrected chi connectivity index (χ3v) is 4.95. The predicted octanol–water partition coefficient (Wildman–Crippen LogP) is 7.33. The molecule has 0 aliphatic carbocycles. The lowest BCUT2D eigenvalue weighted by atomic mass is 9.93. The summed E-state index contributed by atoms with van der Waals surface area (Å²) in [5.41, 5.74) is 6.98. The number of anilines is 4. The summed E-state index contributed by atoms with van der Waals surface area (Å²) in [5, 5.41) is 6.88. The van der Waals surface area contributed by atoms with Gasteiger partial charge in [-0.1, -0.05) is 67.6 Å². The van der Waals surface area contributed by atoms with E-state index in [-0.39, 0.29) is 0 Å². The third-order valence-electron chi connectivity index (χ3n) is 4.95. The van der Waals surface area contributed by atoms with Crippen molar-refractivity contribution in [3.8, 4) is 0 Å². The smallest absolute Gasteiger partial charge is 0.0385 e. The SMILES string of the molecule is C[C@@H](c1ccccc1)c1ccc(Nc2ccc(Nc3ccccc3)cc2)cc1. The number of hydrogen-bond donors (Lipinski definition) is 2. The number of hydrogen-bond acceptors (Lipinski definition) is 2. The highest BCUT2D eigenvalue weighted by Gasteiger charge is 2.07. The Balaban J connectivity index is 1.40. The number of para-hydroxylation sites is 1. The van der Waals surface area contributed by atoms with Gasteiger partial charge < -0.3 is 10.6 Å². The van der Waals surface area contributed by atoms with E-state index in [0.29, 0.717) is 5.92 Å². The summed E-state index contributed by atoms with van der Waals surface area (Å²) < 4.78 is 0. The quantitative estimate of drug-likeness (QED) is 0.374. The highest BCUT2D eigenvalue weighted by molar-refractivity contribution is 5.66. The fraction of sp³-hybridized carbons (Fsp3) is 0.0769. The van der Waals surface area contributed by atoms with Crippen molar-refractivity contribution >= 4 is 22.7 Å². The highest BCUT2D eigenvalue weighted by atomic mass is 14.9. The minimum Gasteiger partial charge on any atom is -0.356 e. The van der Waals surface area contributed by atoms with Crippen LogP contribution in [-0.4, -0.2) is 0 Å². The van der Waals surface area contributed by atoms with Gasteiger partial charge in [-0.2, -0.15) is 0 Å². The molecule has 0 aromatic heterocycles. The van der Waals surface area contributed by atoms with Crippen molar-refractivity contribution in [2.24, 2.45) is 0 Å². The summed E-state index contributed by atoms with van der Waals surface area (Å²) in [6.07, 6.45) is 0. The molecule has 28 heavy (non-hydrogen) atoms. The zero-order valence-corrected chi connectivity index (χ0v) is 16.0. The van der Waals surface area contributed by atoms with E-state index in [1.54, 1.807) is 0 Å². The lowest BCUT2D eigenvalue weighted by molar-refractivity contribution is 0.923. The molecular weight excluding hydrogens is 340 g/mol. The molecule has 4 rings (SSSR count). The monoisotopic (exact) mass is 364 g/mol. The molecule has 2 nitrogen and oxygen atoms in total. The normalized spacial score (nSPS) is 11.6. The van der Waals surface area contributed by atoms with Crippen LogP contribution >= 0.6 is 0 Å². The van der Waals surface area contributed by atoms with Crippen LogP contribution in [0.1, 0.15) is 24.0 Å². The Hall–Kier alpha value is -3.52. The maximum Gasteiger partial charge on any atom is 0.0385 e. The molecule has 0 aliphatic heterocycles. The van der Waals surface area contributed by atoms with Crippen LogP contribution in [0.25, 0.3) is 0 Å². The Labute approximate surface area is 166 Å². The van der Waals surface area contributed by atoms with Crippen LogP contribution in [0.2, 0.25) is 0 Å². The van der Waals surface area contributed by atoms with Crippen molar-refractivity contribution < 1.29 is 0 Å². The van der Waals surface area contributed by atoms with E-state index < -0.39 is 0 Å². The molecule has 2 N–H and O–H groups in total. The third kappa shape index (κ3) is 4.41. The molecule has 0 amide bonds. The standard InChI is InChI=1S/C26H24N2/c1-20(21-8-4-2-5-9-21)22-12-14-24(15-13-22)28-26-18-16-25(17-19-26)27-23-10-6-3-7-11-23/h2-20,27-28H,1H3/t20-/m0/s1. The zero-order chi connectivity index (χ0) is 19.2. The van der Waals surface area contributed by atoms with Gasteiger partial charge in [-0.15, -0.1) is 0 Å². The van der Waals surface area contributed by atoms with Gasteiger partial charge >= 0.3 is 0 Å². The summed E-state index contributed by atoms with van der Waals surface area (Å²) in [6.45, 7) is 2.25. The number of rotatable bonds is 6. The zero-order valence-electron chi connectivity index (χ0n) is 16.0. The molecule has 4 aromatic rings. The largest absolute Gasteiger partial charge is 0.356 e. The molecule has 0 bridgehead atoms. The molecule has 2 heteroatoms. The fourth-order valence-corrected chi connectivity index (χ4v) is 3.28. The lowest BCUT2D eigenvalue weighted by Crippen LogP contribution is -1.96. The Bertz CT molecular complexity index is 992. The highest BCUT2D eigenvalue weighted by Crippen LogP contribution is 2.26. The second-order valence-corrected chi connectivity index (χ2v) is 6.95. The van der Waals surface area contributed by atoms with Crippen LogP contribution in [0.5, 0.6) is 0 Å². The van der Waals surface area contributed by atoms with E-state index in [9.17, 15) is 0 Å². The van der Waals surface area contributed by atoms with Gasteiger partial charge in [0.2, 0.25) is 0 Å². The second kappa shape index (κ2) is 8.45. The second-order valence-electron chi connectivity index (χ2n) is 6.95. The molecule has 0 saturated carbocycles.